The Bertz CT molecular complexity index is 746. The summed E-state index contributed by atoms with van der Waals surface area (Å²) in [6.45, 7) is 2.06. The third-order valence-corrected chi connectivity index (χ3v) is 6.82. The van der Waals surface area contributed by atoms with Gasteiger partial charge in [0.1, 0.15) is 0 Å². The van der Waals surface area contributed by atoms with Crippen LogP contribution in [0.4, 0.5) is 0 Å². The van der Waals surface area contributed by atoms with Gasteiger partial charge in [0.25, 0.3) is 0 Å². The molecule has 1 unspecified atom stereocenters. The van der Waals surface area contributed by atoms with Crippen molar-refractivity contribution in [2.45, 2.75) is 24.4 Å². The summed E-state index contributed by atoms with van der Waals surface area (Å²) in [6.07, 6.45) is 0. The molecule has 21 heavy (non-hydrogen) atoms. The summed E-state index contributed by atoms with van der Waals surface area (Å²) in [7, 11) is -3.65. The van der Waals surface area contributed by atoms with E-state index >= 15 is 0 Å². The van der Waals surface area contributed by atoms with Gasteiger partial charge in [-0.3, -0.25) is 0 Å². The van der Waals surface area contributed by atoms with Gasteiger partial charge >= 0.3 is 0 Å². The second kappa shape index (κ2) is 6.76. The Morgan fingerprint density at radius 1 is 1.38 bits per heavy atom. The van der Waals surface area contributed by atoms with Crippen LogP contribution in [0.5, 0.6) is 0 Å². The number of nitrogens with two attached hydrogens (primary N) is 1. The number of hydrogen-bond acceptors (Lipinski definition) is 4. The van der Waals surface area contributed by atoms with Crippen molar-refractivity contribution in [3.8, 4) is 0 Å². The van der Waals surface area contributed by atoms with Crippen molar-refractivity contribution < 1.29 is 8.42 Å². The largest absolute Gasteiger partial charge is 0.326 e. The normalized spacial score (nSPS) is 13.3. The van der Waals surface area contributed by atoms with E-state index in [9.17, 15) is 8.42 Å². The lowest BCUT2D eigenvalue weighted by atomic mass is 10.2. The second-order valence-corrected chi connectivity index (χ2v) is 8.74. The number of hydrogen-bond donors (Lipinski definition) is 2. The Morgan fingerprint density at radius 2 is 2.10 bits per heavy atom. The van der Waals surface area contributed by atoms with Gasteiger partial charge in [0.15, 0.2) is 0 Å². The minimum Gasteiger partial charge on any atom is -0.326 e. The zero-order valence-electron chi connectivity index (χ0n) is 11.1. The maximum Gasteiger partial charge on any atom is 0.242 e. The van der Waals surface area contributed by atoms with E-state index in [0.29, 0.717) is 8.81 Å². The monoisotopic (exact) mass is 408 g/mol. The van der Waals surface area contributed by atoms with Crippen LogP contribution in [-0.4, -0.2) is 8.42 Å². The van der Waals surface area contributed by atoms with E-state index in [1.807, 2.05) is 6.07 Å². The molecule has 0 aliphatic carbocycles. The number of nitrogens with one attached hydrogen (secondary N) is 1. The summed E-state index contributed by atoms with van der Waals surface area (Å²) in [6, 6.07) is 8.24. The molecule has 0 fully saturated rings. The smallest absolute Gasteiger partial charge is 0.242 e. The Hall–Kier alpha value is -0.440. The van der Waals surface area contributed by atoms with E-state index in [1.54, 1.807) is 31.2 Å². The Kier molecular flexibility index (Phi) is 5.45. The van der Waals surface area contributed by atoms with Crippen LogP contribution in [0.3, 0.4) is 0 Å². The highest BCUT2D eigenvalue weighted by atomic mass is 79.9. The third kappa shape index (κ3) is 4.06. The van der Waals surface area contributed by atoms with Crippen LogP contribution in [0.25, 0.3) is 0 Å². The molecule has 0 aliphatic rings. The maximum atomic E-state index is 12.5. The third-order valence-electron chi connectivity index (χ3n) is 2.87. The van der Waals surface area contributed by atoms with Gasteiger partial charge in [-0.05, 0) is 52.7 Å². The summed E-state index contributed by atoms with van der Waals surface area (Å²) in [5, 5.41) is 0. The van der Waals surface area contributed by atoms with Crippen LogP contribution >= 0.6 is 38.9 Å². The van der Waals surface area contributed by atoms with Gasteiger partial charge in [0.05, 0.1) is 15.3 Å². The first-order valence-electron chi connectivity index (χ1n) is 6.09. The highest BCUT2D eigenvalue weighted by molar-refractivity contribution is 9.10. The summed E-state index contributed by atoms with van der Waals surface area (Å²) < 4.78 is 28.8. The van der Waals surface area contributed by atoms with Gasteiger partial charge in [-0.15, -0.1) is 11.3 Å². The Balaban J connectivity index is 2.30. The molecule has 8 heteroatoms. The van der Waals surface area contributed by atoms with Crippen molar-refractivity contribution in [3.05, 3.63) is 49.6 Å². The molecule has 4 nitrogen and oxygen atoms in total. The fraction of sp³-hybridized carbons (Fsp3) is 0.231. The topological polar surface area (TPSA) is 72.2 Å². The van der Waals surface area contributed by atoms with Crippen molar-refractivity contribution in [1.29, 1.82) is 0 Å². The molecule has 1 heterocycles. The summed E-state index contributed by atoms with van der Waals surface area (Å²) >= 11 is 10.5. The highest BCUT2D eigenvalue weighted by Gasteiger charge is 2.22. The van der Waals surface area contributed by atoms with E-state index in [4.69, 9.17) is 17.3 Å². The van der Waals surface area contributed by atoms with E-state index in [2.05, 4.69) is 20.7 Å². The number of benzene rings is 1. The van der Waals surface area contributed by atoms with Crippen molar-refractivity contribution in [2.24, 2.45) is 5.73 Å². The van der Waals surface area contributed by atoms with Crippen LogP contribution in [0.1, 0.15) is 23.4 Å². The first-order chi connectivity index (χ1) is 9.83. The minimum atomic E-state index is -3.65. The average Bonchev–Trinajstić information content (AvgIpc) is 2.85. The molecule has 1 aromatic carbocycles. The summed E-state index contributed by atoms with van der Waals surface area (Å²) in [5.74, 6) is 0. The lowest BCUT2D eigenvalue weighted by Gasteiger charge is -2.14. The number of sulfonamides is 1. The fourth-order valence-corrected chi connectivity index (χ4v) is 5.17. The van der Waals surface area contributed by atoms with Crippen LogP contribution in [-0.2, 0) is 16.6 Å². The Labute approximate surface area is 141 Å². The molecular formula is C13H14BrClN2O2S2. The first-order valence-corrected chi connectivity index (χ1v) is 9.56. The molecule has 0 spiro atoms. The van der Waals surface area contributed by atoms with Crippen LogP contribution < -0.4 is 10.5 Å². The lowest BCUT2D eigenvalue weighted by molar-refractivity contribution is 0.568. The van der Waals surface area contributed by atoms with E-state index in [-0.39, 0.29) is 17.5 Å². The highest BCUT2D eigenvalue weighted by Crippen LogP contribution is 2.29. The summed E-state index contributed by atoms with van der Waals surface area (Å²) in [5.41, 5.74) is 6.32. The standard InChI is InChI=1S/C13H14BrClN2O2S2/c1-8(11-4-5-13(15)20-11)17-21(18,19)12-6-9(7-16)2-3-10(12)14/h2-6,8,17H,7,16H2,1H3. The van der Waals surface area contributed by atoms with Crippen molar-refractivity contribution in [2.75, 3.05) is 0 Å². The molecule has 1 aromatic heterocycles. The lowest BCUT2D eigenvalue weighted by Crippen LogP contribution is -2.26. The van der Waals surface area contributed by atoms with Crippen LogP contribution in [0.15, 0.2) is 39.7 Å². The molecule has 0 bridgehead atoms. The molecule has 0 saturated carbocycles. The van der Waals surface area contributed by atoms with Gasteiger partial charge < -0.3 is 5.73 Å². The van der Waals surface area contributed by atoms with E-state index in [1.165, 1.54) is 11.3 Å². The van der Waals surface area contributed by atoms with E-state index in [0.717, 1.165) is 10.4 Å². The predicted molar refractivity (Wildman–Crippen MR) is 90.1 cm³/mol. The molecule has 0 aliphatic heterocycles. The van der Waals surface area contributed by atoms with Gasteiger partial charge in [-0.1, -0.05) is 17.7 Å². The van der Waals surface area contributed by atoms with Gasteiger partial charge in [0, 0.05) is 15.9 Å². The molecule has 2 aromatic rings. The number of halogens is 2. The van der Waals surface area contributed by atoms with Crippen molar-refractivity contribution in [3.63, 3.8) is 0 Å². The van der Waals surface area contributed by atoms with Crippen molar-refractivity contribution in [1.82, 2.24) is 4.72 Å². The Morgan fingerprint density at radius 3 is 2.67 bits per heavy atom. The summed E-state index contributed by atoms with van der Waals surface area (Å²) in [4.78, 5) is 1.04. The number of rotatable bonds is 5. The van der Waals surface area contributed by atoms with E-state index < -0.39 is 10.0 Å². The molecule has 2 rings (SSSR count). The molecule has 0 amide bonds. The molecule has 3 N–H and O–H groups in total. The van der Waals surface area contributed by atoms with Crippen LogP contribution in [0.2, 0.25) is 4.34 Å². The average molecular weight is 410 g/mol. The minimum absolute atomic E-state index is 0.181. The fourth-order valence-electron chi connectivity index (χ4n) is 1.80. The number of thiophene rings is 1. The van der Waals surface area contributed by atoms with Gasteiger partial charge in [0.2, 0.25) is 10.0 Å². The molecule has 0 saturated heterocycles. The van der Waals surface area contributed by atoms with Gasteiger partial charge in [-0.2, -0.15) is 0 Å². The van der Waals surface area contributed by atoms with Gasteiger partial charge in [-0.25, -0.2) is 13.1 Å². The second-order valence-electron chi connectivity index (χ2n) is 4.45. The van der Waals surface area contributed by atoms with Crippen molar-refractivity contribution >= 4 is 48.9 Å². The molecule has 114 valence electrons. The zero-order chi connectivity index (χ0) is 15.6. The molecule has 0 radical (unpaired) electrons. The molecular weight excluding hydrogens is 396 g/mol. The quantitative estimate of drug-likeness (QED) is 0.791. The van der Waals surface area contributed by atoms with Crippen LogP contribution in [0, 0.1) is 0 Å². The zero-order valence-corrected chi connectivity index (χ0v) is 15.1. The SMILES string of the molecule is CC(NS(=O)(=O)c1cc(CN)ccc1Br)c1ccc(Cl)s1. The molecule has 1 atom stereocenters. The first kappa shape index (κ1) is 16.9. The predicted octanol–water partition coefficient (Wildman–Crippen LogP) is 3.66. The maximum absolute atomic E-state index is 12.5.